The van der Waals surface area contributed by atoms with Gasteiger partial charge in [-0.3, -0.25) is 14.8 Å². The van der Waals surface area contributed by atoms with Crippen LogP contribution in [0.4, 0.5) is 13.2 Å². The number of halogens is 5. The van der Waals surface area contributed by atoms with Crippen LogP contribution in [-0.2, 0) is 24.0 Å². The van der Waals surface area contributed by atoms with Gasteiger partial charge >= 0.3 is 6.18 Å². The summed E-state index contributed by atoms with van der Waals surface area (Å²) in [4.78, 5) is 15.1. The lowest BCUT2D eigenvalue weighted by atomic mass is 10.1. The van der Waals surface area contributed by atoms with Gasteiger partial charge < -0.3 is 5.11 Å². The van der Waals surface area contributed by atoms with Crippen molar-refractivity contribution in [3.05, 3.63) is 91.9 Å². The van der Waals surface area contributed by atoms with Crippen LogP contribution in [0.25, 0.3) is 16.3 Å². The van der Waals surface area contributed by atoms with Gasteiger partial charge in [0, 0.05) is 42.3 Å². The molecule has 50 heavy (non-hydrogen) atoms. The largest absolute Gasteiger partial charge is 0.416 e. The van der Waals surface area contributed by atoms with Gasteiger partial charge in [0.1, 0.15) is 0 Å². The minimum atomic E-state index is -4.46. The highest BCUT2D eigenvalue weighted by Gasteiger charge is 2.34. The number of nitrogens with one attached hydrogen (secondary N) is 1. The van der Waals surface area contributed by atoms with Gasteiger partial charge in [0.05, 0.1) is 44.4 Å². The van der Waals surface area contributed by atoms with Crippen molar-refractivity contribution in [2.24, 2.45) is 0 Å². The average molecular weight is 768 g/mol. The number of aliphatic hydroxyl groups excluding tert-OH is 1. The van der Waals surface area contributed by atoms with E-state index in [2.05, 4.69) is 17.3 Å². The number of β-amino-alcohol motifs (C(OH)–C–C–N with tert-alkyl or cyclic N) is 1. The summed E-state index contributed by atoms with van der Waals surface area (Å²) in [6.07, 6.45) is -1.89. The first-order valence-electron chi connectivity index (χ1n) is 15.6. The monoisotopic (exact) mass is 766 g/mol. The van der Waals surface area contributed by atoms with Gasteiger partial charge in [-0.1, -0.05) is 41.5 Å². The molecule has 2 saturated heterocycles. The van der Waals surface area contributed by atoms with Crippen LogP contribution >= 0.6 is 34.5 Å². The Hall–Kier alpha value is -3.30. The van der Waals surface area contributed by atoms with Crippen molar-refractivity contribution in [1.82, 2.24) is 29.6 Å². The Morgan fingerprint density at radius 1 is 1.06 bits per heavy atom. The molecule has 2 atom stereocenters. The van der Waals surface area contributed by atoms with E-state index < -0.39 is 35.0 Å². The molecule has 6 rings (SSSR count). The quantitative estimate of drug-likeness (QED) is 0.141. The number of carbonyl (C=O) groups is 1. The van der Waals surface area contributed by atoms with E-state index >= 15 is 0 Å². The second-order valence-electron chi connectivity index (χ2n) is 11.8. The Morgan fingerprint density at radius 2 is 1.80 bits per heavy atom. The number of hydrazine groups is 2. The molecule has 2 aromatic heterocycles. The molecular weight excluding hydrogens is 736 g/mol. The minimum Gasteiger partial charge on any atom is -0.392 e. The van der Waals surface area contributed by atoms with Crippen molar-refractivity contribution in [2.45, 2.75) is 44.5 Å². The molecule has 264 valence electrons. The molecule has 0 spiro atoms. The molecule has 2 fully saturated rings. The summed E-state index contributed by atoms with van der Waals surface area (Å²) in [5.41, 5.74) is 3.67. The fourth-order valence-electron chi connectivity index (χ4n) is 5.79. The van der Waals surface area contributed by atoms with E-state index in [4.69, 9.17) is 28.3 Å². The van der Waals surface area contributed by atoms with Gasteiger partial charge in [-0.15, -0.1) is 15.8 Å². The Labute approximate surface area is 302 Å². The molecule has 2 aliphatic heterocycles. The zero-order valence-electron chi connectivity index (χ0n) is 26.3. The lowest BCUT2D eigenvalue weighted by Crippen LogP contribution is -2.46. The lowest BCUT2D eigenvalue weighted by molar-refractivity contribution is -0.137. The first kappa shape index (κ1) is 36.5. The number of aliphatic hydroxyl groups is 1. The first-order valence-corrected chi connectivity index (χ1v) is 18.2. The van der Waals surface area contributed by atoms with Crippen LogP contribution in [0.1, 0.15) is 57.7 Å². The van der Waals surface area contributed by atoms with Crippen molar-refractivity contribution in [1.29, 1.82) is 0 Å². The van der Waals surface area contributed by atoms with Crippen molar-refractivity contribution in [3.8, 4) is 28.1 Å². The molecule has 1 amide bonds. The number of thiophene rings is 1. The molecule has 17 heteroatoms. The van der Waals surface area contributed by atoms with Crippen LogP contribution in [0.2, 0.25) is 10.0 Å². The number of hydrogen-bond donors (Lipinski definition) is 3. The number of benzene rings is 2. The number of rotatable bonds is 8. The summed E-state index contributed by atoms with van der Waals surface area (Å²) in [6.45, 7) is 1.52. The van der Waals surface area contributed by atoms with E-state index in [1.54, 1.807) is 29.3 Å². The molecule has 4 aromatic rings. The highest BCUT2D eigenvalue weighted by atomic mass is 35.5. The minimum absolute atomic E-state index is 0.00225. The van der Waals surface area contributed by atoms with E-state index in [1.165, 1.54) is 38.6 Å². The van der Waals surface area contributed by atoms with Gasteiger partial charge in [-0.25, -0.2) is 18.9 Å². The molecule has 0 bridgehead atoms. The summed E-state index contributed by atoms with van der Waals surface area (Å²) in [7, 11) is 0. The summed E-state index contributed by atoms with van der Waals surface area (Å²) >= 11 is 11.6. The van der Waals surface area contributed by atoms with Gasteiger partial charge in [0.25, 0.3) is 5.91 Å². The second kappa shape index (κ2) is 15.5. The van der Waals surface area contributed by atoms with Crippen LogP contribution < -0.4 is 5.43 Å². The van der Waals surface area contributed by atoms with Crippen LogP contribution in [0.15, 0.2) is 54.6 Å². The highest BCUT2D eigenvalue weighted by Crippen LogP contribution is 2.38. The Morgan fingerprint density at radius 3 is 2.44 bits per heavy atom. The topological polar surface area (TPSA) is 114 Å². The van der Waals surface area contributed by atoms with Crippen molar-refractivity contribution < 1.29 is 31.8 Å². The predicted molar refractivity (Wildman–Crippen MR) is 186 cm³/mol. The predicted octanol–water partition coefficient (Wildman–Crippen LogP) is 6.38. The maximum atomic E-state index is 14.0. The first-order chi connectivity index (χ1) is 23.9. The van der Waals surface area contributed by atoms with E-state index in [1.807, 2.05) is 5.01 Å². The standard InChI is InChI=1S/C33H31Cl2F3N6O4S2/c34-23-9-12-28(27(35)18-23)44-31(29-13-11-25(49-29)10-6-21-4-7-22(8-5-21)33(36,37)38)26(20-43(50(47)48)42-17-14-24(45)19-42)30(39-44)32(46)40-41-15-2-1-3-16-41/h4-5,7-9,11-13,18,24,45H,1-3,14-17,19-20H2,(H,40,46)(H,47,48). The number of hydrogen-bond acceptors (Lipinski definition) is 7. The number of aromatic nitrogens is 2. The SMILES string of the molecule is O=C(NN1CCCCC1)c1nn(-c2ccc(Cl)cc2Cl)c(-c2ccc(C#Cc3ccc(C(F)(F)F)cc3)s2)c1CN(N1CCC(O)C1)S(=O)O. The van der Waals surface area contributed by atoms with Crippen LogP contribution in [-0.4, -0.2) is 76.3 Å². The molecular formula is C33H31Cl2F3N6O4S2. The maximum Gasteiger partial charge on any atom is 0.416 e. The fraction of sp³-hybridized carbons (Fsp3) is 0.333. The number of piperidine rings is 1. The zero-order valence-corrected chi connectivity index (χ0v) is 29.4. The molecule has 0 saturated carbocycles. The third-order valence-corrected chi connectivity index (χ3v) is 10.5. The molecule has 2 unspecified atom stereocenters. The van der Waals surface area contributed by atoms with Crippen molar-refractivity contribution in [2.75, 3.05) is 26.2 Å². The molecule has 4 heterocycles. The van der Waals surface area contributed by atoms with Gasteiger partial charge in [-0.2, -0.15) is 18.3 Å². The van der Waals surface area contributed by atoms with Gasteiger partial charge in [-0.05, 0) is 73.9 Å². The van der Waals surface area contributed by atoms with Gasteiger partial charge in [0.15, 0.2) is 5.69 Å². The molecule has 2 aromatic carbocycles. The fourth-order valence-corrected chi connectivity index (χ4v) is 7.78. The van der Waals surface area contributed by atoms with Crippen LogP contribution in [0, 0.1) is 11.8 Å². The number of alkyl halides is 3. The van der Waals surface area contributed by atoms with Crippen LogP contribution in [0.5, 0.6) is 0 Å². The third-order valence-electron chi connectivity index (χ3n) is 8.26. The van der Waals surface area contributed by atoms with Crippen LogP contribution in [0.3, 0.4) is 0 Å². The molecule has 10 nitrogen and oxygen atoms in total. The number of amides is 1. The van der Waals surface area contributed by atoms with E-state index in [0.29, 0.717) is 63.3 Å². The normalized spacial score (nSPS) is 17.9. The maximum absolute atomic E-state index is 14.0. The summed E-state index contributed by atoms with van der Waals surface area (Å²) in [5.74, 6) is 5.37. The Bertz CT molecular complexity index is 1950. The lowest BCUT2D eigenvalue weighted by Gasteiger charge is -2.28. The highest BCUT2D eigenvalue weighted by molar-refractivity contribution is 7.76. The zero-order chi connectivity index (χ0) is 35.6. The third kappa shape index (κ3) is 8.42. The molecule has 3 N–H and O–H groups in total. The van der Waals surface area contributed by atoms with Crippen molar-refractivity contribution in [3.63, 3.8) is 0 Å². The summed E-state index contributed by atoms with van der Waals surface area (Å²) < 4.78 is 65.0. The number of nitrogens with zero attached hydrogens (tertiary/aromatic N) is 5. The molecule has 0 radical (unpaired) electrons. The summed E-state index contributed by atoms with van der Waals surface area (Å²) in [5, 5.41) is 19.0. The molecule has 0 aliphatic carbocycles. The average Bonchev–Trinajstić information content (AvgIpc) is 3.81. The Kier molecular flexibility index (Phi) is 11.3. The van der Waals surface area contributed by atoms with Crippen molar-refractivity contribution >= 4 is 51.7 Å². The summed E-state index contributed by atoms with van der Waals surface area (Å²) in [6, 6.07) is 12.8. The number of carbonyl (C=O) groups excluding carboxylic acids is 1. The van der Waals surface area contributed by atoms with E-state index in [0.717, 1.165) is 31.4 Å². The van der Waals surface area contributed by atoms with E-state index in [9.17, 15) is 31.8 Å². The smallest absolute Gasteiger partial charge is 0.392 e. The Balaban J connectivity index is 1.46. The second-order valence-corrected chi connectivity index (χ2v) is 14.6. The molecule has 2 aliphatic rings. The van der Waals surface area contributed by atoms with E-state index in [-0.39, 0.29) is 23.8 Å². The van der Waals surface area contributed by atoms with Gasteiger partial charge in [0.2, 0.25) is 11.3 Å².